The lowest BCUT2D eigenvalue weighted by Gasteiger charge is -2.10. The van der Waals surface area contributed by atoms with Gasteiger partial charge >= 0.3 is 0 Å². The van der Waals surface area contributed by atoms with E-state index in [-0.39, 0.29) is 49.5 Å². The van der Waals surface area contributed by atoms with Crippen LogP contribution in [0.5, 0.6) is 0 Å². The van der Waals surface area contributed by atoms with E-state index in [1.165, 1.54) is 12.1 Å². The van der Waals surface area contributed by atoms with E-state index in [0.29, 0.717) is 17.1 Å². The molecule has 2 heterocycles. The number of amides is 1. The quantitative estimate of drug-likeness (QED) is 0.841. The van der Waals surface area contributed by atoms with Crippen molar-refractivity contribution in [2.24, 2.45) is 5.73 Å². The summed E-state index contributed by atoms with van der Waals surface area (Å²) in [6.07, 6.45) is 4.34. The molecule has 0 spiro atoms. The molecule has 2 aromatic rings. The predicted molar refractivity (Wildman–Crippen MR) is 99.8 cm³/mol. The number of carbonyl (C=O) groups is 1. The molecule has 138 valence electrons. The van der Waals surface area contributed by atoms with Gasteiger partial charge in [-0.3, -0.25) is 4.79 Å². The van der Waals surface area contributed by atoms with Gasteiger partial charge in [-0.1, -0.05) is 6.42 Å². The van der Waals surface area contributed by atoms with Crippen LogP contribution in [-0.4, -0.2) is 27.2 Å². The molecule has 0 unspecified atom stereocenters. The Labute approximate surface area is 158 Å². The summed E-state index contributed by atoms with van der Waals surface area (Å²) in [5.74, 6) is 0.857. The number of rotatable bonds is 4. The summed E-state index contributed by atoms with van der Waals surface area (Å²) in [5, 5.41) is 11.1. The topological polar surface area (TPSA) is 85.8 Å². The van der Waals surface area contributed by atoms with Gasteiger partial charge in [0.1, 0.15) is 11.6 Å². The van der Waals surface area contributed by atoms with E-state index in [0.717, 1.165) is 38.1 Å². The third-order valence-corrected chi connectivity index (χ3v) is 3.97. The van der Waals surface area contributed by atoms with Crippen molar-refractivity contribution in [3.05, 3.63) is 29.8 Å². The third-order valence-electron chi connectivity index (χ3n) is 3.97. The SMILES string of the molecule is Cl.Cl.NCCC(=O)Nc1ccc(F)c(-c2nnc3n2CCCCC3)c1. The molecule has 0 radical (unpaired) electrons. The van der Waals surface area contributed by atoms with Crippen LogP contribution >= 0.6 is 24.8 Å². The van der Waals surface area contributed by atoms with Crippen LogP contribution in [0.4, 0.5) is 10.1 Å². The Morgan fingerprint density at radius 1 is 1.24 bits per heavy atom. The maximum absolute atomic E-state index is 14.3. The van der Waals surface area contributed by atoms with Gasteiger partial charge in [-0.25, -0.2) is 4.39 Å². The number of nitrogens with zero attached hydrogens (tertiary/aromatic N) is 3. The summed E-state index contributed by atoms with van der Waals surface area (Å²) in [7, 11) is 0. The van der Waals surface area contributed by atoms with Gasteiger partial charge in [0, 0.05) is 31.6 Å². The Balaban J connectivity index is 0.00000156. The van der Waals surface area contributed by atoms with Crippen molar-refractivity contribution >= 4 is 36.4 Å². The summed E-state index contributed by atoms with van der Waals surface area (Å²) >= 11 is 0. The van der Waals surface area contributed by atoms with Gasteiger partial charge in [0.2, 0.25) is 5.91 Å². The molecule has 1 aliphatic rings. The minimum absolute atomic E-state index is 0. The van der Waals surface area contributed by atoms with E-state index in [9.17, 15) is 9.18 Å². The summed E-state index contributed by atoms with van der Waals surface area (Å²) in [4.78, 5) is 11.7. The molecule has 0 atom stereocenters. The predicted octanol–water partition coefficient (Wildman–Crippen LogP) is 2.94. The van der Waals surface area contributed by atoms with Crippen LogP contribution in [0.15, 0.2) is 18.2 Å². The first-order chi connectivity index (χ1) is 11.2. The highest BCUT2D eigenvalue weighted by molar-refractivity contribution is 5.91. The molecular formula is C16H22Cl2FN5O. The standard InChI is InChI=1S/C16H20FN5O.2ClH/c17-13-6-5-11(19-15(23)7-8-18)10-12(13)16-21-20-14-4-2-1-3-9-22(14)16;;/h5-6,10H,1-4,7-9,18H2,(H,19,23);2*1H. The second-order valence-corrected chi connectivity index (χ2v) is 5.68. The van der Waals surface area contributed by atoms with Gasteiger partial charge in [0.05, 0.1) is 5.56 Å². The zero-order valence-corrected chi connectivity index (χ0v) is 15.3. The first kappa shape index (κ1) is 21.3. The van der Waals surface area contributed by atoms with Gasteiger partial charge in [-0.15, -0.1) is 35.0 Å². The Morgan fingerprint density at radius 2 is 2.04 bits per heavy atom. The van der Waals surface area contributed by atoms with Crippen LogP contribution in [0.3, 0.4) is 0 Å². The molecular weight excluding hydrogens is 368 g/mol. The molecule has 0 saturated carbocycles. The second kappa shape index (κ2) is 9.70. The lowest BCUT2D eigenvalue weighted by molar-refractivity contribution is -0.116. The number of hydrogen-bond donors (Lipinski definition) is 2. The maximum Gasteiger partial charge on any atom is 0.225 e. The maximum atomic E-state index is 14.3. The first-order valence-electron chi connectivity index (χ1n) is 7.91. The highest BCUT2D eigenvalue weighted by Crippen LogP contribution is 2.27. The Bertz CT molecular complexity index is 723. The molecule has 3 rings (SSSR count). The lowest BCUT2D eigenvalue weighted by Crippen LogP contribution is -2.16. The zero-order chi connectivity index (χ0) is 16.2. The first-order valence-corrected chi connectivity index (χ1v) is 7.91. The van der Waals surface area contributed by atoms with E-state index in [2.05, 4.69) is 15.5 Å². The highest BCUT2D eigenvalue weighted by atomic mass is 35.5. The van der Waals surface area contributed by atoms with E-state index in [1.807, 2.05) is 4.57 Å². The average molecular weight is 390 g/mol. The number of nitrogens with one attached hydrogen (secondary N) is 1. The van der Waals surface area contributed by atoms with Gasteiger partial charge in [-0.05, 0) is 31.0 Å². The fraction of sp³-hybridized carbons (Fsp3) is 0.438. The Morgan fingerprint density at radius 3 is 2.80 bits per heavy atom. The molecule has 0 fully saturated rings. The summed E-state index contributed by atoms with van der Waals surface area (Å²) in [5.41, 5.74) is 6.25. The molecule has 0 saturated heterocycles. The van der Waals surface area contributed by atoms with Gasteiger partial charge < -0.3 is 15.6 Å². The molecule has 0 bridgehead atoms. The minimum Gasteiger partial charge on any atom is -0.330 e. The number of nitrogens with two attached hydrogens (primary N) is 1. The van der Waals surface area contributed by atoms with Crippen molar-refractivity contribution in [3.8, 4) is 11.4 Å². The number of halogens is 3. The van der Waals surface area contributed by atoms with Crippen LogP contribution in [0.2, 0.25) is 0 Å². The van der Waals surface area contributed by atoms with Crippen molar-refractivity contribution in [1.29, 1.82) is 0 Å². The molecule has 1 aromatic carbocycles. The van der Waals surface area contributed by atoms with Crippen molar-refractivity contribution in [3.63, 3.8) is 0 Å². The Hall–Kier alpha value is -1.70. The molecule has 1 amide bonds. The number of fused-ring (bicyclic) bond motifs is 1. The van der Waals surface area contributed by atoms with E-state index >= 15 is 0 Å². The molecule has 6 nitrogen and oxygen atoms in total. The highest BCUT2D eigenvalue weighted by Gasteiger charge is 2.19. The van der Waals surface area contributed by atoms with Gasteiger partial charge in [-0.2, -0.15) is 0 Å². The summed E-state index contributed by atoms with van der Waals surface area (Å²) in [6, 6.07) is 4.48. The fourth-order valence-electron chi connectivity index (χ4n) is 2.81. The van der Waals surface area contributed by atoms with E-state index < -0.39 is 0 Å². The normalized spacial score (nSPS) is 13.0. The molecule has 9 heteroatoms. The van der Waals surface area contributed by atoms with E-state index in [4.69, 9.17) is 5.73 Å². The molecule has 25 heavy (non-hydrogen) atoms. The minimum atomic E-state index is -0.374. The van der Waals surface area contributed by atoms with Gasteiger partial charge in [0.15, 0.2) is 5.82 Å². The van der Waals surface area contributed by atoms with Crippen molar-refractivity contribution in [1.82, 2.24) is 14.8 Å². The number of anilines is 1. The second-order valence-electron chi connectivity index (χ2n) is 5.68. The van der Waals surface area contributed by atoms with Crippen LogP contribution in [0, 0.1) is 5.82 Å². The van der Waals surface area contributed by atoms with Crippen molar-refractivity contribution in [2.45, 2.75) is 38.6 Å². The molecule has 3 N–H and O–H groups in total. The summed E-state index contributed by atoms with van der Waals surface area (Å²) < 4.78 is 16.3. The monoisotopic (exact) mass is 389 g/mol. The smallest absolute Gasteiger partial charge is 0.225 e. The lowest BCUT2D eigenvalue weighted by atomic mass is 10.1. The average Bonchev–Trinajstić information content (AvgIpc) is 2.78. The number of aromatic nitrogens is 3. The summed E-state index contributed by atoms with van der Waals surface area (Å²) in [6.45, 7) is 1.07. The fourth-order valence-corrected chi connectivity index (χ4v) is 2.81. The van der Waals surface area contributed by atoms with Crippen LogP contribution in [0.25, 0.3) is 11.4 Å². The Kier molecular flexibility index (Phi) is 8.28. The molecule has 1 aliphatic heterocycles. The van der Waals surface area contributed by atoms with Gasteiger partial charge in [0.25, 0.3) is 0 Å². The largest absolute Gasteiger partial charge is 0.330 e. The van der Waals surface area contributed by atoms with Crippen molar-refractivity contribution < 1.29 is 9.18 Å². The molecule has 1 aromatic heterocycles. The number of hydrogen-bond acceptors (Lipinski definition) is 4. The number of benzene rings is 1. The van der Waals surface area contributed by atoms with Crippen LogP contribution < -0.4 is 11.1 Å². The number of carbonyl (C=O) groups excluding carboxylic acids is 1. The van der Waals surface area contributed by atoms with Crippen LogP contribution in [0.1, 0.15) is 31.5 Å². The third kappa shape index (κ3) is 4.90. The molecule has 0 aliphatic carbocycles. The van der Waals surface area contributed by atoms with Crippen molar-refractivity contribution in [2.75, 3.05) is 11.9 Å². The van der Waals surface area contributed by atoms with E-state index in [1.54, 1.807) is 6.07 Å². The zero-order valence-electron chi connectivity index (χ0n) is 13.7. The number of aryl methyl sites for hydroxylation is 1. The van der Waals surface area contributed by atoms with Crippen LogP contribution in [-0.2, 0) is 17.8 Å².